The van der Waals surface area contributed by atoms with Crippen molar-refractivity contribution in [2.45, 2.75) is 43.9 Å². The van der Waals surface area contributed by atoms with Crippen LogP contribution >= 0.6 is 0 Å². The van der Waals surface area contributed by atoms with Crippen LogP contribution in [-0.2, 0) is 0 Å². The van der Waals surface area contributed by atoms with E-state index in [0.717, 1.165) is 25.9 Å². The molecule has 0 unspecified atom stereocenters. The summed E-state index contributed by atoms with van der Waals surface area (Å²) in [5.41, 5.74) is 0.0711. The number of aliphatic hydroxyl groups is 1. The first-order valence-corrected chi connectivity index (χ1v) is 8.03. The first-order chi connectivity index (χ1) is 10.6. The molecule has 120 valence electrons. The molecule has 1 saturated heterocycles. The van der Waals surface area contributed by atoms with Gasteiger partial charge in [-0.15, -0.1) is 0 Å². The van der Waals surface area contributed by atoms with Crippen LogP contribution in [0.5, 0.6) is 0 Å². The van der Waals surface area contributed by atoms with Crippen molar-refractivity contribution in [3.8, 4) is 0 Å². The van der Waals surface area contributed by atoms with Gasteiger partial charge >= 0.3 is 0 Å². The maximum Gasteiger partial charge on any atom is 0.256 e. The number of amides is 1. The van der Waals surface area contributed by atoms with Gasteiger partial charge in [-0.2, -0.15) is 0 Å². The predicted octanol–water partition coefficient (Wildman–Crippen LogP) is 1.89. The summed E-state index contributed by atoms with van der Waals surface area (Å²) in [5, 5.41) is 10.6. The summed E-state index contributed by atoms with van der Waals surface area (Å²) < 4.78 is 13.8. The van der Waals surface area contributed by atoms with Crippen LogP contribution in [0.4, 0.5) is 4.39 Å². The molecule has 22 heavy (non-hydrogen) atoms. The second kappa shape index (κ2) is 6.34. The molecule has 0 aromatic heterocycles. The number of hydrogen-bond donors (Lipinski definition) is 1. The maximum atomic E-state index is 13.8. The zero-order chi connectivity index (χ0) is 15.7. The summed E-state index contributed by atoms with van der Waals surface area (Å²) in [6, 6.07) is 5.90. The lowest BCUT2D eigenvalue weighted by Gasteiger charge is -2.32. The van der Waals surface area contributed by atoms with Gasteiger partial charge in [0.25, 0.3) is 5.91 Å². The Kier molecular flexibility index (Phi) is 4.45. The molecular weight excluding hydrogens is 283 g/mol. The van der Waals surface area contributed by atoms with E-state index in [1.807, 2.05) is 0 Å². The van der Waals surface area contributed by atoms with E-state index in [1.165, 1.54) is 29.9 Å². The minimum atomic E-state index is -0.557. The first-order valence-electron chi connectivity index (χ1n) is 8.03. The van der Waals surface area contributed by atoms with Crippen molar-refractivity contribution in [3.63, 3.8) is 0 Å². The highest BCUT2D eigenvalue weighted by Gasteiger charge is 2.42. The standard InChI is InChI=1S/C17H23FN2O2/c1-19(17(22)12-6-2-3-7-13(12)18)14-8-9-15(16(14)21)20-10-4-5-11-20/h2-3,6-7,14-16,21H,4-5,8-11H2,1H3/t14-,15-,16-/m1/s1. The van der Waals surface area contributed by atoms with Gasteiger partial charge in [0.2, 0.25) is 0 Å². The molecule has 1 saturated carbocycles. The fourth-order valence-electron chi connectivity index (χ4n) is 3.81. The van der Waals surface area contributed by atoms with Crippen molar-refractivity contribution < 1.29 is 14.3 Å². The van der Waals surface area contributed by atoms with Crippen LogP contribution < -0.4 is 0 Å². The molecule has 1 aromatic carbocycles. The Balaban J connectivity index is 1.71. The number of aliphatic hydroxyl groups excluding tert-OH is 1. The highest BCUT2D eigenvalue weighted by atomic mass is 19.1. The molecule has 0 bridgehead atoms. The van der Waals surface area contributed by atoms with E-state index >= 15 is 0 Å². The Hall–Kier alpha value is -1.46. The third-order valence-electron chi connectivity index (χ3n) is 5.08. The first kappa shape index (κ1) is 15.4. The lowest BCUT2D eigenvalue weighted by molar-refractivity contribution is 0.0294. The average molecular weight is 306 g/mol. The highest BCUT2D eigenvalue weighted by Crippen LogP contribution is 2.31. The van der Waals surface area contributed by atoms with E-state index in [9.17, 15) is 14.3 Å². The molecule has 4 nitrogen and oxygen atoms in total. The minimum absolute atomic E-state index is 0.0711. The molecular formula is C17H23FN2O2. The van der Waals surface area contributed by atoms with Gasteiger partial charge in [-0.1, -0.05) is 12.1 Å². The van der Waals surface area contributed by atoms with Crippen molar-refractivity contribution in [1.29, 1.82) is 0 Å². The van der Waals surface area contributed by atoms with E-state index in [0.29, 0.717) is 0 Å². The second-order valence-electron chi connectivity index (χ2n) is 6.34. The Morgan fingerprint density at radius 2 is 1.95 bits per heavy atom. The SMILES string of the molecule is CN(C(=O)c1ccccc1F)[C@@H]1CC[C@@H](N2CCCC2)[C@@H]1O. The van der Waals surface area contributed by atoms with Crippen molar-refractivity contribution in [1.82, 2.24) is 9.80 Å². The van der Waals surface area contributed by atoms with Gasteiger partial charge < -0.3 is 10.0 Å². The number of hydrogen-bond acceptors (Lipinski definition) is 3. The van der Waals surface area contributed by atoms with Crippen LogP contribution in [0.1, 0.15) is 36.0 Å². The summed E-state index contributed by atoms with van der Waals surface area (Å²) >= 11 is 0. The van der Waals surface area contributed by atoms with Crippen LogP contribution in [0.15, 0.2) is 24.3 Å². The second-order valence-corrected chi connectivity index (χ2v) is 6.34. The van der Waals surface area contributed by atoms with Gasteiger partial charge in [-0.3, -0.25) is 9.69 Å². The van der Waals surface area contributed by atoms with E-state index in [4.69, 9.17) is 0 Å². The van der Waals surface area contributed by atoms with E-state index in [2.05, 4.69) is 4.90 Å². The van der Waals surface area contributed by atoms with Crippen LogP contribution in [0.25, 0.3) is 0 Å². The van der Waals surface area contributed by atoms with Gasteiger partial charge in [0.15, 0.2) is 0 Å². The number of likely N-dealkylation sites (tertiary alicyclic amines) is 1. The van der Waals surface area contributed by atoms with E-state index in [1.54, 1.807) is 19.2 Å². The Bertz CT molecular complexity index is 545. The van der Waals surface area contributed by atoms with Crippen molar-refractivity contribution >= 4 is 5.91 Å². The molecule has 3 rings (SSSR count). The predicted molar refractivity (Wildman–Crippen MR) is 82.1 cm³/mol. The van der Waals surface area contributed by atoms with E-state index < -0.39 is 11.9 Å². The number of nitrogens with zero attached hydrogens (tertiary/aromatic N) is 2. The fraction of sp³-hybridized carbons (Fsp3) is 0.588. The van der Waals surface area contributed by atoms with Gasteiger partial charge in [-0.05, 0) is 50.9 Å². The zero-order valence-corrected chi connectivity index (χ0v) is 12.9. The molecule has 5 heteroatoms. The van der Waals surface area contributed by atoms with Gasteiger partial charge in [-0.25, -0.2) is 4.39 Å². The molecule has 1 heterocycles. The summed E-state index contributed by atoms with van der Waals surface area (Å²) in [6.07, 6.45) is 3.45. The molecule has 1 N–H and O–H groups in total. The summed E-state index contributed by atoms with van der Waals surface area (Å²) in [5.74, 6) is -0.868. The number of carbonyl (C=O) groups excluding carboxylic acids is 1. The van der Waals surface area contributed by atoms with E-state index in [-0.39, 0.29) is 23.6 Å². The van der Waals surface area contributed by atoms with Crippen molar-refractivity contribution in [3.05, 3.63) is 35.6 Å². The largest absolute Gasteiger partial charge is 0.389 e. The van der Waals surface area contributed by atoms with Gasteiger partial charge in [0.1, 0.15) is 5.82 Å². The Labute approximate surface area is 130 Å². The number of rotatable bonds is 3. The molecule has 1 aliphatic carbocycles. The van der Waals surface area contributed by atoms with Crippen molar-refractivity contribution in [2.75, 3.05) is 20.1 Å². The smallest absolute Gasteiger partial charge is 0.256 e. The molecule has 0 spiro atoms. The maximum absolute atomic E-state index is 13.8. The van der Waals surface area contributed by atoms with Gasteiger partial charge in [0.05, 0.1) is 17.7 Å². The molecule has 1 amide bonds. The fourth-order valence-corrected chi connectivity index (χ4v) is 3.81. The minimum Gasteiger partial charge on any atom is -0.389 e. The summed E-state index contributed by atoms with van der Waals surface area (Å²) in [7, 11) is 1.66. The van der Waals surface area contributed by atoms with Crippen molar-refractivity contribution in [2.24, 2.45) is 0 Å². The molecule has 1 aromatic rings. The monoisotopic (exact) mass is 306 g/mol. The van der Waals surface area contributed by atoms with Crippen LogP contribution in [0.2, 0.25) is 0 Å². The summed E-state index contributed by atoms with van der Waals surface area (Å²) in [6.45, 7) is 2.05. The third-order valence-corrected chi connectivity index (χ3v) is 5.08. The van der Waals surface area contributed by atoms with Gasteiger partial charge in [0, 0.05) is 13.1 Å². The highest BCUT2D eigenvalue weighted by molar-refractivity contribution is 5.94. The lowest BCUT2D eigenvalue weighted by atomic mass is 10.1. The average Bonchev–Trinajstić information content (AvgIpc) is 3.15. The number of carbonyl (C=O) groups is 1. The van der Waals surface area contributed by atoms with Crippen LogP contribution in [0.3, 0.4) is 0 Å². The van der Waals surface area contributed by atoms with Crippen LogP contribution in [-0.4, -0.2) is 59.1 Å². The number of halogens is 1. The number of likely N-dealkylation sites (N-methyl/N-ethyl adjacent to an activating group) is 1. The zero-order valence-electron chi connectivity index (χ0n) is 12.9. The quantitative estimate of drug-likeness (QED) is 0.927. The molecule has 1 aliphatic heterocycles. The topological polar surface area (TPSA) is 43.8 Å². The molecule has 2 fully saturated rings. The molecule has 3 atom stereocenters. The summed E-state index contributed by atoms with van der Waals surface area (Å²) in [4.78, 5) is 16.3. The lowest BCUT2D eigenvalue weighted by Crippen LogP contribution is -2.48. The Morgan fingerprint density at radius 3 is 2.64 bits per heavy atom. The third kappa shape index (κ3) is 2.75. The normalized spacial score (nSPS) is 29.0. The Morgan fingerprint density at radius 1 is 1.27 bits per heavy atom. The molecule has 0 radical (unpaired) electrons. The van der Waals surface area contributed by atoms with Crippen LogP contribution in [0, 0.1) is 5.82 Å². The molecule has 2 aliphatic rings. The number of benzene rings is 1.